The largest absolute Gasteiger partial charge is 0.462 e. The van der Waals surface area contributed by atoms with Gasteiger partial charge in [0.2, 0.25) is 0 Å². The van der Waals surface area contributed by atoms with Crippen molar-refractivity contribution in [3.05, 3.63) is 32.2 Å². The third-order valence-electron chi connectivity index (χ3n) is 3.52. The Balaban J connectivity index is 2.29. The van der Waals surface area contributed by atoms with E-state index in [2.05, 4.69) is 15.9 Å². The molecule has 0 bridgehead atoms. The summed E-state index contributed by atoms with van der Waals surface area (Å²) in [5.41, 5.74) is 4.78. The number of benzene rings is 1. The lowest BCUT2D eigenvalue weighted by Crippen LogP contribution is -2.52. The first-order valence-corrected chi connectivity index (χ1v) is 8.07. The molecule has 0 radical (unpaired) electrons. The summed E-state index contributed by atoms with van der Waals surface area (Å²) in [5, 5.41) is 18.5. The average Bonchev–Trinajstić information content (AvgIpc) is 2.87. The van der Waals surface area contributed by atoms with Crippen LogP contribution in [0.3, 0.4) is 0 Å². The summed E-state index contributed by atoms with van der Waals surface area (Å²) in [4.78, 5) is 24.2. The predicted octanol–water partition coefficient (Wildman–Crippen LogP) is 0.797. The lowest BCUT2D eigenvalue weighted by atomic mass is 10.1. The second-order valence-electron chi connectivity index (χ2n) is 5.43. The number of hydrogen-bond donors (Lipinski definition) is 3. The van der Waals surface area contributed by atoms with E-state index in [4.69, 9.17) is 36.7 Å². The van der Waals surface area contributed by atoms with Gasteiger partial charge in [0.15, 0.2) is 5.58 Å². The van der Waals surface area contributed by atoms with Gasteiger partial charge in [0.05, 0.1) is 29.3 Å². The van der Waals surface area contributed by atoms with Gasteiger partial charge < -0.3 is 25.1 Å². The zero-order valence-electron chi connectivity index (χ0n) is 12.7. The van der Waals surface area contributed by atoms with Crippen LogP contribution < -0.4 is 11.5 Å². The molecule has 0 saturated heterocycles. The highest BCUT2D eigenvalue weighted by Crippen LogP contribution is 2.29. The van der Waals surface area contributed by atoms with Crippen LogP contribution in [0, 0.1) is 0 Å². The lowest BCUT2D eigenvalue weighted by Gasteiger charge is -2.24. The SMILES string of the molecule is CC(C(=O)OCC(N)(CO)CO)n1c(=O)oc2cc(Br)c(Cl)cc21. The summed E-state index contributed by atoms with van der Waals surface area (Å²) >= 11 is 9.24. The monoisotopic (exact) mass is 422 g/mol. The molecule has 1 unspecified atom stereocenters. The van der Waals surface area contributed by atoms with Crippen molar-refractivity contribution in [3.63, 3.8) is 0 Å². The summed E-state index contributed by atoms with van der Waals surface area (Å²) in [6.45, 7) is -0.0858. The van der Waals surface area contributed by atoms with Crippen molar-refractivity contribution in [2.75, 3.05) is 19.8 Å². The molecule has 2 aromatic rings. The van der Waals surface area contributed by atoms with Crippen LogP contribution in [0.15, 0.2) is 25.8 Å². The quantitative estimate of drug-likeness (QED) is 0.586. The van der Waals surface area contributed by atoms with Crippen LogP contribution in [-0.2, 0) is 9.53 Å². The fraction of sp³-hybridized carbons (Fsp3) is 0.429. The molecule has 0 aliphatic rings. The number of aliphatic hydroxyl groups is 2. The number of nitrogens with zero attached hydrogens (tertiary/aromatic N) is 1. The van der Waals surface area contributed by atoms with Crippen LogP contribution in [-0.4, -0.2) is 46.1 Å². The third kappa shape index (κ3) is 3.65. The smallest absolute Gasteiger partial charge is 0.420 e. The number of aliphatic hydroxyl groups excluding tert-OH is 2. The van der Waals surface area contributed by atoms with Crippen molar-refractivity contribution in [1.82, 2.24) is 4.57 Å². The molecule has 0 fully saturated rings. The summed E-state index contributed by atoms with van der Waals surface area (Å²) < 4.78 is 11.8. The number of carbonyl (C=O) groups is 1. The van der Waals surface area contributed by atoms with Gasteiger partial charge in [-0.15, -0.1) is 0 Å². The Morgan fingerprint density at radius 1 is 1.50 bits per heavy atom. The summed E-state index contributed by atoms with van der Waals surface area (Å²) in [6.07, 6.45) is 0. The Labute approximate surface area is 149 Å². The van der Waals surface area contributed by atoms with Gasteiger partial charge in [0, 0.05) is 4.47 Å². The number of aromatic nitrogens is 1. The second-order valence-corrected chi connectivity index (χ2v) is 6.70. The van der Waals surface area contributed by atoms with Gasteiger partial charge in [-0.25, -0.2) is 9.59 Å². The Morgan fingerprint density at radius 2 is 2.12 bits per heavy atom. The van der Waals surface area contributed by atoms with Gasteiger partial charge in [0.1, 0.15) is 12.6 Å². The maximum atomic E-state index is 12.2. The minimum atomic E-state index is -1.45. The van der Waals surface area contributed by atoms with Crippen LogP contribution in [0.25, 0.3) is 11.1 Å². The van der Waals surface area contributed by atoms with Crippen molar-refractivity contribution in [1.29, 1.82) is 0 Å². The van der Waals surface area contributed by atoms with Crippen LogP contribution >= 0.6 is 27.5 Å². The van der Waals surface area contributed by atoms with Gasteiger partial charge in [-0.05, 0) is 35.0 Å². The zero-order chi connectivity index (χ0) is 18.1. The molecule has 0 saturated carbocycles. The number of ether oxygens (including phenoxy) is 1. The summed E-state index contributed by atoms with van der Waals surface area (Å²) in [5.74, 6) is -1.51. The minimum absolute atomic E-state index is 0.259. The zero-order valence-corrected chi connectivity index (χ0v) is 15.0. The van der Waals surface area contributed by atoms with E-state index < -0.39 is 43.1 Å². The van der Waals surface area contributed by atoms with E-state index in [0.717, 1.165) is 4.57 Å². The molecule has 0 aliphatic carbocycles. The van der Waals surface area contributed by atoms with E-state index in [-0.39, 0.29) is 5.58 Å². The number of carbonyl (C=O) groups excluding carboxylic acids is 1. The van der Waals surface area contributed by atoms with E-state index in [1.807, 2.05) is 0 Å². The van der Waals surface area contributed by atoms with Crippen molar-refractivity contribution in [2.45, 2.75) is 18.5 Å². The molecule has 0 spiro atoms. The van der Waals surface area contributed by atoms with Gasteiger partial charge in [0.25, 0.3) is 0 Å². The number of oxazole rings is 1. The van der Waals surface area contributed by atoms with Crippen LogP contribution in [0.1, 0.15) is 13.0 Å². The molecule has 1 aromatic heterocycles. The van der Waals surface area contributed by atoms with E-state index in [1.54, 1.807) is 0 Å². The molecule has 0 amide bonds. The van der Waals surface area contributed by atoms with E-state index in [1.165, 1.54) is 19.1 Å². The molecule has 8 nitrogen and oxygen atoms in total. The molecule has 132 valence electrons. The number of halogens is 2. The molecular weight excluding hydrogens is 408 g/mol. The molecule has 2 rings (SSSR count). The Hall–Kier alpha value is -1.39. The summed E-state index contributed by atoms with van der Waals surface area (Å²) in [7, 11) is 0. The number of fused-ring (bicyclic) bond motifs is 1. The molecule has 1 aromatic carbocycles. The van der Waals surface area contributed by atoms with Crippen LogP contribution in [0.5, 0.6) is 0 Å². The Kier molecular flexibility index (Phi) is 5.71. The number of esters is 1. The number of rotatable bonds is 6. The van der Waals surface area contributed by atoms with E-state index in [0.29, 0.717) is 15.0 Å². The predicted molar refractivity (Wildman–Crippen MR) is 89.9 cm³/mol. The van der Waals surface area contributed by atoms with Crippen molar-refractivity contribution in [3.8, 4) is 0 Å². The second kappa shape index (κ2) is 7.24. The van der Waals surface area contributed by atoms with Gasteiger partial charge in [-0.2, -0.15) is 0 Å². The van der Waals surface area contributed by atoms with Crippen LogP contribution in [0.2, 0.25) is 5.02 Å². The molecule has 1 atom stereocenters. The number of nitrogens with two attached hydrogens (primary N) is 1. The first kappa shape index (κ1) is 18.9. The van der Waals surface area contributed by atoms with Crippen molar-refractivity contribution >= 4 is 44.6 Å². The first-order valence-electron chi connectivity index (χ1n) is 6.90. The normalized spacial score (nSPS) is 13.2. The third-order valence-corrected chi connectivity index (χ3v) is 4.71. The molecule has 24 heavy (non-hydrogen) atoms. The van der Waals surface area contributed by atoms with Gasteiger partial charge >= 0.3 is 11.7 Å². The van der Waals surface area contributed by atoms with E-state index >= 15 is 0 Å². The maximum Gasteiger partial charge on any atom is 0.420 e. The molecule has 4 N–H and O–H groups in total. The van der Waals surface area contributed by atoms with Crippen LogP contribution in [0.4, 0.5) is 0 Å². The van der Waals surface area contributed by atoms with E-state index in [9.17, 15) is 9.59 Å². The van der Waals surface area contributed by atoms with Gasteiger partial charge in [-0.3, -0.25) is 4.57 Å². The summed E-state index contributed by atoms with van der Waals surface area (Å²) in [6, 6.07) is 2.00. The lowest BCUT2D eigenvalue weighted by molar-refractivity contribution is -0.150. The maximum absolute atomic E-state index is 12.2. The molecule has 0 aliphatic heterocycles. The highest BCUT2D eigenvalue weighted by molar-refractivity contribution is 9.10. The first-order chi connectivity index (χ1) is 11.2. The number of hydrogen-bond acceptors (Lipinski definition) is 7. The highest BCUT2D eigenvalue weighted by atomic mass is 79.9. The fourth-order valence-electron chi connectivity index (χ4n) is 1.98. The Bertz CT molecular complexity index is 813. The topological polar surface area (TPSA) is 128 Å². The van der Waals surface area contributed by atoms with Crippen molar-refractivity contribution < 1.29 is 24.2 Å². The molecular formula is C14H16BrClN2O6. The minimum Gasteiger partial charge on any atom is -0.462 e. The Morgan fingerprint density at radius 3 is 2.71 bits per heavy atom. The standard InChI is InChI=1S/C14H16BrClN2O6/c1-7(12(21)23-6-14(17,4-19)5-20)18-10-3-9(16)8(15)2-11(10)24-13(18)22/h2-3,7,19-20H,4-6,17H2,1H3. The highest BCUT2D eigenvalue weighted by Gasteiger charge is 2.29. The average molecular weight is 424 g/mol. The van der Waals surface area contributed by atoms with Gasteiger partial charge in [-0.1, -0.05) is 11.6 Å². The fourth-order valence-corrected chi connectivity index (χ4v) is 2.46. The molecule has 1 heterocycles. The molecule has 10 heteroatoms. The van der Waals surface area contributed by atoms with Crippen molar-refractivity contribution in [2.24, 2.45) is 5.73 Å².